The number of carbonyl (C=O) groups excluding carboxylic acids is 3. The van der Waals surface area contributed by atoms with Gasteiger partial charge in [-0.05, 0) is 77.0 Å². The number of anilines is 1. The van der Waals surface area contributed by atoms with E-state index in [1.54, 1.807) is 12.1 Å². The average molecular weight is 627 g/mol. The molecule has 15 heteroatoms. The van der Waals surface area contributed by atoms with Crippen molar-refractivity contribution in [3.05, 3.63) is 90.4 Å². The van der Waals surface area contributed by atoms with E-state index in [1.807, 2.05) is 6.92 Å². The van der Waals surface area contributed by atoms with Gasteiger partial charge in [0.25, 0.3) is 17.5 Å². The van der Waals surface area contributed by atoms with E-state index in [0.29, 0.717) is 12.4 Å². The molecule has 41 heavy (non-hydrogen) atoms. The van der Waals surface area contributed by atoms with Crippen molar-refractivity contribution in [3.63, 3.8) is 0 Å². The van der Waals surface area contributed by atoms with Crippen LogP contribution in [0.5, 0.6) is 23.0 Å². The molecule has 1 N–H and O–H groups in total. The van der Waals surface area contributed by atoms with E-state index in [0.717, 1.165) is 23.1 Å². The number of urea groups is 1. The molecule has 1 fully saturated rings. The summed E-state index contributed by atoms with van der Waals surface area (Å²) in [6.07, 6.45) is 1.23. The molecule has 1 aliphatic rings. The van der Waals surface area contributed by atoms with Crippen molar-refractivity contribution >= 4 is 56.9 Å². The van der Waals surface area contributed by atoms with Crippen molar-refractivity contribution in [1.82, 2.24) is 5.32 Å². The largest absolute Gasteiger partial charge is 0.494 e. The smallest absolute Gasteiger partial charge is 0.335 e. The Hall–Kier alpha value is -5.31. The number of halogens is 1. The van der Waals surface area contributed by atoms with Crippen LogP contribution in [0.15, 0.2) is 64.6 Å². The number of barbiturate groups is 1. The molecule has 0 aliphatic carbocycles. The van der Waals surface area contributed by atoms with Gasteiger partial charge in [0, 0.05) is 6.07 Å². The Morgan fingerprint density at radius 2 is 1.68 bits per heavy atom. The van der Waals surface area contributed by atoms with E-state index in [4.69, 9.17) is 14.2 Å². The summed E-state index contributed by atoms with van der Waals surface area (Å²) in [6, 6.07) is 11.0. The SMILES string of the molecule is CCOc1ccc(N2C(=O)NC(=O)/C(=C\c3cc(Br)c(Oc4ccc([N+](=O)[O-])cc4[N+](=O)[O-])c(OC)c3)C2=O)cc1. The number of carbonyl (C=O) groups is 3. The van der Waals surface area contributed by atoms with E-state index < -0.39 is 39.1 Å². The fourth-order valence-corrected chi connectivity index (χ4v) is 4.34. The predicted molar refractivity (Wildman–Crippen MR) is 147 cm³/mol. The average Bonchev–Trinajstić information content (AvgIpc) is 2.93. The van der Waals surface area contributed by atoms with Crippen molar-refractivity contribution in [3.8, 4) is 23.0 Å². The molecule has 4 amide bonds. The lowest BCUT2D eigenvalue weighted by molar-refractivity contribution is -0.394. The minimum Gasteiger partial charge on any atom is -0.494 e. The van der Waals surface area contributed by atoms with Gasteiger partial charge >= 0.3 is 11.7 Å². The summed E-state index contributed by atoms with van der Waals surface area (Å²) in [4.78, 5) is 60.1. The molecule has 0 radical (unpaired) electrons. The standard InChI is InChI=1S/C26H19BrN4O10/c1-3-40-17-7-4-15(5-8-17)29-25(33)18(24(32)28-26(29)34)10-14-11-19(27)23(22(12-14)39-2)41-21-9-6-16(30(35)36)13-20(21)31(37)38/h4-13H,3H2,1-2H3,(H,28,32,34)/b18-10+. The fourth-order valence-electron chi connectivity index (χ4n) is 3.80. The van der Waals surface area contributed by atoms with Gasteiger partial charge in [-0.25, -0.2) is 9.69 Å². The van der Waals surface area contributed by atoms with E-state index in [2.05, 4.69) is 21.2 Å². The monoisotopic (exact) mass is 626 g/mol. The summed E-state index contributed by atoms with van der Waals surface area (Å²) >= 11 is 3.29. The van der Waals surface area contributed by atoms with Gasteiger partial charge in [0.1, 0.15) is 11.3 Å². The first-order chi connectivity index (χ1) is 19.5. The molecule has 0 saturated carbocycles. The summed E-state index contributed by atoms with van der Waals surface area (Å²) in [5.74, 6) is -1.53. The summed E-state index contributed by atoms with van der Waals surface area (Å²) in [5.41, 5.74) is -1.01. The number of amides is 4. The summed E-state index contributed by atoms with van der Waals surface area (Å²) in [5, 5.41) is 24.7. The van der Waals surface area contributed by atoms with Gasteiger partial charge < -0.3 is 14.2 Å². The number of ether oxygens (including phenoxy) is 3. The number of benzene rings is 3. The minimum atomic E-state index is -0.923. The number of nitro groups is 2. The molecule has 0 unspecified atom stereocenters. The highest BCUT2D eigenvalue weighted by atomic mass is 79.9. The molecule has 1 aliphatic heterocycles. The Morgan fingerprint density at radius 1 is 0.976 bits per heavy atom. The van der Waals surface area contributed by atoms with Crippen LogP contribution in [0.2, 0.25) is 0 Å². The maximum Gasteiger partial charge on any atom is 0.335 e. The zero-order valence-electron chi connectivity index (χ0n) is 21.3. The summed E-state index contributed by atoms with van der Waals surface area (Å²) in [6.45, 7) is 2.24. The first-order valence-corrected chi connectivity index (χ1v) is 12.5. The number of hydrogen-bond acceptors (Lipinski definition) is 10. The molecule has 210 valence electrons. The lowest BCUT2D eigenvalue weighted by Gasteiger charge is -2.26. The highest BCUT2D eigenvalue weighted by Gasteiger charge is 2.37. The molecule has 0 spiro atoms. The zero-order chi connectivity index (χ0) is 29.8. The van der Waals surface area contributed by atoms with Crippen molar-refractivity contribution < 1.29 is 38.4 Å². The van der Waals surface area contributed by atoms with Gasteiger partial charge in [-0.1, -0.05) is 0 Å². The van der Waals surface area contributed by atoms with Crippen molar-refractivity contribution in [1.29, 1.82) is 0 Å². The van der Waals surface area contributed by atoms with Crippen LogP contribution in [0.3, 0.4) is 0 Å². The first-order valence-electron chi connectivity index (χ1n) is 11.7. The number of rotatable bonds is 9. The van der Waals surface area contributed by atoms with Crippen molar-refractivity contribution in [2.24, 2.45) is 0 Å². The Balaban J connectivity index is 1.69. The van der Waals surface area contributed by atoms with Crippen LogP contribution in [-0.2, 0) is 9.59 Å². The fraction of sp³-hybridized carbons (Fsp3) is 0.115. The second kappa shape index (κ2) is 11.8. The third-order valence-corrected chi connectivity index (χ3v) is 6.22. The first kappa shape index (κ1) is 28.7. The Bertz CT molecular complexity index is 1620. The number of imide groups is 2. The van der Waals surface area contributed by atoms with Gasteiger partial charge in [-0.15, -0.1) is 0 Å². The Labute approximate surface area is 239 Å². The number of non-ortho nitro benzene ring substituents is 1. The van der Waals surface area contributed by atoms with Crippen LogP contribution in [0.1, 0.15) is 12.5 Å². The molecule has 4 rings (SSSR count). The molecule has 0 bridgehead atoms. The minimum absolute atomic E-state index is 0.0165. The normalized spacial score (nSPS) is 14.1. The van der Waals surface area contributed by atoms with Crippen LogP contribution in [0.4, 0.5) is 21.9 Å². The number of nitrogens with zero attached hydrogens (tertiary/aromatic N) is 3. The predicted octanol–water partition coefficient (Wildman–Crippen LogP) is 5.13. The molecular formula is C26H19BrN4O10. The Kier molecular flexibility index (Phi) is 8.28. The van der Waals surface area contributed by atoms with Crippen LogP contribution in [-0.4, -0.2) is 41.4 Å². The van der Waals surface area contributed by atoms with E-state index in [-0.39, 0.29) is 38.5 Å². The molecular weight excluding hydrogens is 608 g/mol. The maximum absolute atomic E-state index is 13.3. The van der Waals surface area contributed by atoms with Crippen LogP contribution in [0, 0.1) is 20.2 Å². The molecule has 3 aromatic rings. The number of methoxy groups -OCH3 is 1. The van der Waals surface area contributed by atoms with Crippen molar-refractivity contribution in [2.45, 2.75) is 6.92 Å². The van der Waals surface area contributed by atoms with Crippen molar-refractivity contribution in [2.75, 3.05) is 18.6 Å². The second-order valence-corrected chi connectivity index (χ2v) is 9.04. The van der Waals surface area contributed by atoms with Crippen LogP contribution >= 0.6 is 15.9 Å². The van der Waals surface area contributed by atoms with Gasteiger partial charge in [0.15, 0.2) is 11.5 Å². The molecule has 0 atom stereocenters. The maximum atomic E-state index is 13.3. The highest BCUT2D eigenvalue weighted by Crippen LogP contribution is 2.43. The lowest BCUT2D eigenvalue weighted by Crippen LogP contribution is -2.54. The molecule has 3 aromatic carbocycles. The Morgan fingerprint density at radius 3 is 2.29 bits per heavy atom. The number of nitrogens with one attached hydrogen (secondary N) is 1. The number of nitro benzene ring substituents is 2. The molecule has 1 heterocycles. The van der Waals surface area contributed by atoms with Gasteiger partial charge in [0.05, 0.1) is 39.8 Å². The van der Waals surface area contributed by atoms with E-state index in [1.165, 1.54) is 37.5 Å². The highest BCUT2D eigenvalue weighted by molar-refractivity contribution is 9.10. The van der Waals surface area contributed by atoms with Gasteiger partial charge in [0.2, 0.25) is 5.75 Å². The number of hydrogen-bond donors (Lipinski definition) is 1. The summed E-state index contributed by atoms with van der Waals surface area (Å²) in [7, 11) is 1.29. The van der Waals surface area contributed by atoms with Crippen LogP contribution < -0.4 is 24.4 Å². The van der Waals surface area contributed by atoms with Crippen LogP contribution in [0.25, 0.3) is 6.08 Å². The lowest BCUT2D eigenvalue weighted by atomic mass is 10.1. The van der Waals surface area contributed by atoms with Gasteiger partial charge in [-0.2, -0.15) is 0 Å². The van der Waals surface area contributed by atoms with E-state index in [9.17, 15) is 34.6 Å². The third kappa shape index (κ3) is 5.99. The van der Waals surface area contributed by atoms with Gasteiger partial charge in [-0.3, -0.25) is 35.1 Å². The van der Waals surface area contributed by atoms with E-state index >= 15 is 0 Å². The third-order valence-electron chi connectivity index (χ3n) is 5.63. The molecule has 1 saturated heterocycles. The summed E-state index contributed by atoms with van der Waals surface area (Å²) < 4.78 is 16.6. The molecule has 0 aromatic heterocycles. The molecule has 14 nitrogen and oxygen atoms in total. The topological polar surface area (TPSA) is 180 Å². The second-order valence-electron chi connectivity index (χ2n) is 8.19. The quantitative estimate of drug-likeness (QED) is 0.145. The zero-order valence-corrected chi connectivity index (χ0v) is 22.9.